The van der Waals surface area contributed by atoms with Gasteiger partial charge in [-0.3, -0.25) is 4.79 Å². The molecule has 0 saturated carbocycles. The van der Waals surface area contributed by atoms with E-state index in [1.807, 2.05) is 34.5 Å². The zero-order valence-electron chi connectivity index (χ0n) is 14.0. The molecular formula is C17H23Cl2N3O2S. The second kappa shape index (κ2) is 9.97. The number of rotatable bonds is 5. The molecule has 2 aromatic rings. The average molecular weight is 404 g/mol. The minimum atomic E-state index is 0. The standard InChI is InChI=1S/C17H21N3O2S.2ClH/c1-12-6-13(7-18)8-20(12)17(21)15-4-2-3-5-16(15)22-9-14-10-23-11-19-14;;/h2-5,10-13H,6-9,18H2,1H3;2*1H. The number of hydrogen-bond acceptors (Lipinski definition) is 5. The Hall–Kier alpha value is -1.34. The van der Waals surface area contributed by atoms with Gasteiger partial charge in [0.1, 0.15) is 12.4 Å². The predicted octanol–water partition coefficient (Wildman–Crippen LogP) is 3.38. The summed E-state index contributed by atoms with van der Waals surface area (Å²) in [6, 6.07) is 7.61. The minimum absolute atomic E-state index is 0. The van der Waals surface area contributed by atoms with Crippen molar-refractivity contribution < 1.29 is 9.53 Å². The number of thiazole rings is 1. The summed E-state index contributed by atoms with van der Waals surface area (Å²) in [6.07, 6.45) is 0.962. The van der Waals surface area contributed by atoms with Crippen LogP contribution in [0.1, 0.15) is 29.4 Å². The van der Waals surface area contributed by atoms with Crippen LogP contribution in [0.15, 0.2) is 35.2 Å². The van der Waals surface area contributed by atoms with Gasteiger partial charge in [-0.05, 0) is 37.9 Å². The van der Waals surface area contributed by atoms with Crippen LogP contribution < -0.4 is 10.5 Å². The lowest BCUT2D eigenvalue weighted by Gasteiger charge is -2.22. The third kappa shape index (κ3) is 5.07. The Bertz CT molecular complexity index is 670. The van der Waals surface area contributed by atoms with Crippen molar-refractivity contribution in [3.63, 3.8) is 0 Å². The average Bonchev–Trinajstić information content (AvgIpc) is 3.22. The normalized spacial score (nSPS) is 19.0. The van der Waals surface area contributed by atoms with Crippen LogP contribution in [0.3, 0.4) is 0 Å². The molecule has 1 aromatic carbocycles. The number of nitrogens with two attached hydrogens (primary N) is 1. The fraction of sp³-hybridized carbons (Fsp3) is 0.412. The Morgan fingerprint density at radius 1 is 1.40 bits per heavy atom. The number of likely N-dealkylation sites (tertiary alicyclic amines) is 1. The van der Waals surface area contributed by atoms with Gasteiger partial charge in [0, 0.05) is 18.0 Å². The van der Waals surface area contributed by atoms with E-state index < -0.39 is 0 Å². The fourth-order valence-electron chi connectivity index (χ4n) is 2.98. The van der Waals surface area contributed by atoms with Crippen molar-refractivity contribution in [1.29, 1.82) is 0 Å². The summed E-state index contributed by atoms with van der Waals surface area (Å²) in [5.41, 5.74) is 9.01. The second-order valence-electron chi connectivity index (χ2n) is 5.91. The summed E-state index contributed by atoms with van der Waals surface area (Å²) < 4.78 is 5.82. The molecule has 1 aromatic heterocycles. The molecule has 8 heteroatoms. The number of nitrogens with zero attached hydrogens (tertiary/aromatic N) is 2. The van der Waals surface area contributed by atoms with Crippen molar-refractivity contribution in [1.82, 2.24) is 9.88 Å². The highest BCUT2D eigenvalue weighted by Crippen LogP contribution is 2.27. The van der Waals surface area contributed by atoms with Crippen molar-refractivity contribution in [2.45, 2.75) is 26.0 Å². The van der Waals surface area contributed by atoms with Gasteiger partial charge < -0.3 is 15.4 Å². The van der Waals surface area contributed by atoms with Crippen LogP contribution in [0.2, 0.25) is 0 Å². The summed E-state index contributed by atoms with van der Waals surface area (Å²) >= 11 is 1.53. The van der Waals surface area contributed by atoms with E-state index in [-0.39, 0.29) is 36.8 Å². The maximum Gasteiger partial charge on any atom is 0.257 e. The molecule has 25 heavy (non-hydrogen) atoms. The quantitative estimate of drug-likeness (QED) is 0.830. The van der Waals surface area contributed by atoms with E-state index in [0.717, 1.165) is 18.7 Å². The van der Waals surface area contributed by atoms with Gasteiger partial charge in [-0.15, -0.1) is 36.2 Å². The van der Waals surface area contributed by atoms with Gasteiger partial charge in [0.05, 0.1) is 16.8 Å². The molecule has 5 nitrogen and oxygen atoms in total. The van der Waals surface area contributed by atoms with E-state index in [2.05, 4.69) is 11.9 Å². The second-order valence-corrected chi connectivity index (χ2v) is 6.63. The van der Waals surface area contributed by atoms with Crippen LogP contribution in [0.5, 0.6) is 5.75 Å². The number of para-hydroxylation sites is 1. The smallest absolute Gasteiger partial charge is 0.257 e. The van der Waals surface area contributed by atoms with Crippen LogP contribution in [0, 0.1) is 5.92 Å². The summed E-state index contributed by atoms with van der Waals surface area (Å²) in [5.74, 6) is 1.01. The number of amides is 1. The van der Waals surface area contributed by atoms with E-state index in [9.17, 15) is 4.79 Å². The number of carbonyl (C=O) groups excluding carboxylic acids is 1. The molecule has 0 spiro atoms. The third-order valence-electron chi connectivity index (χ3n) is 4.23. The van der Waals surface area contributed by atoms with Crippen LogP contribution in [-0.2, 0) is 6.61 Å². The number of hydrogen-bond donors (Lipinski definition) is 1. The van der Waals surface area contributed by atoms with Crippen LogP contribution in [0.25, 0.3) is 0 Å². The predicted molar refractivity (Wildman–Crippen MR) is 105 cm³/mol. The topological polar surface area (TPSA) is 68.5 Å². The number of ether oxygens (including phenoxy) is 1. The van der Waals surface area contributed by atoms with Crippen molar-refractivity contribution in [2.75, 3.05) is 13.1 Å². The molecule has 2 unspecified atom stereocenters. The molecule has 1 amide bonds. The molecule has 2 N–H and O–H groups in total. The Morgan fingerprint density at radius 2 is 2.16 bits per heavy atom. The lowest BCUT2D eigenvalue weighted by Crippen LogP contribution is -2.34. The number of halogens is 2. The van der Waals surface area contributed by atoms with Gasteiger partial charge in [0.25, 0.3) is 5.91 Å². The molecule has 1 saturated heterocycles. The lowest BCUT2D eigenvalue weighted by molar-refractivity contribution is 0.0738. The number of carbonyl (C=O) groups is 1. The van der Waals surface area contributed by atoms with Crippen molar-refractivity contribution >= 4 is 42.1 Å². The molecule has 1 aliphatic heterocycles. The van der Waals surface area contributed by atoms with E-state index in [1.54, 1.807) is 5.51 Å². The summed E-state index contributed by atoms with van der Waals surface area (Å²) in [4.78, 5) is 19.0. The number of benzene rings is 1. The Balaban J connectivity index is 0.00000156. The maximum atomic E-state index is 12.9. The molecule has 0 aliphatic carbocycles. The highest BCUT2D eigenvalue weighted by molar-refractivity contribution is 7.07. The van der Waals surface area contributed by atoms with Gasteiger partial charge in [-0.2, -0.15) is 0 Å². The highest BCUT2D eigenvalue weighted by Gasteiger charge is 2.33. The van der Waals surface area contributed by atoms with Crippen LogP contribution in [-0.4, -0.2) is 34.9 Å². The molecule has 3 rings (SSSR count). The van der Waals surface area contributed by atoms with Gasteiger partial charge in [-0.25, -0.2) is 4.98 Å². The Labute approximate surface area is 164 Å². The zero-order chi connectivity index (χ0) is 16.2. The van der Waals surface area contributed by atoms with E-state index in [0.29, 0.717) is 30.4 Å². The largest absolute Gasteiger partial charge is 0.486 e. The first-order valence-corrected chi connectivity index (χ1v) is 8.73. The fourth-order valence-corrected chi connectivity index (χ4v) is 3.52. The lowest BCUT2D eigenvalue weighted by atomic mass is 10.1. The highest BCUT2D eigenvalue weighted by atomic mass is 35.5. The third-order valence-corrected chi connectivity index (χ3v) is 4.87. The monoisotopic (exact) mass is 403 g/mol. The van der Waals surface area contributed by atoms with Crippen LogP contribution >= 0.6 is 36.2 Å². The van der Waals surface area contributed by atoms with E-state index in [1.165, 1.54) is 11.3 Å². The minimum Gasteiger partial charge on any atom is -0.486 e. The molecule has 1 fully saturated rings. The Kier molecular flexibility index (Phi) is 8.65. The van der Waals surface area contributed by atoms with Gasteiger partial charge in [0.15, 0.2) is 0 Å². The first-order chi connectivity index (χ1) is 11.2. The first kappa shape index (κ1) is 21.7. The Morgan fingerprint density at radius 3 is 2.80 bits per heavy atom. The summed E-state index contributed by atoms with van der Waals surface area (Å²) in [7, 11) is 0. The molecular weight excluding hydrogens is 381 g/mol. The van der Waals surface area contributed by atoms with Crippen molar-refractivity contribution in [3.8, 4) is 5.75 Å². The van der Waals surface area contributed by atoms with E-state index in [4.69, 9.17) is 10.5 Å². The maximum absolute atomic E-state index is 12.9. The first-order valence-electron chi connectivity index (χ1n) is 7.79. The van der Waals surface area contributed by atoms with Gasteiger partial charge >= 0.3 is 0 Å². The van der Waals surface area contributed by atoms with Crippen molar-refractivity contribution in [2.24, 2.45) is 11.7 Å². The molecule has 1 aliphatic rings. The molecule has 138 valence electrons. The van der Waals surface area contributed by atoms with Gasteiger partial charge in [-0.1, -0.05) is 12.1 Å². The summed E-state index contributed by atoms with van der Waals surface area (Å²) in [6.45, 7) is 3.79. The van der Waals surface area contributed by atoms with Gasteiger partial charge in [0.2, 0.25) is 0 Å². The molecule has 0 bridgehead atoms. The summed E-state index contributed by atoms with van der Waals surface area (Å²) in [5, 5.41) is 1.94. The number of aromatic nitrogens is 1. The van der Waals surface area contributed by atoms with Crippen LogP contribution in [0.4, 0.5) is 0 Å². The SMILES string of the molecule is CC1CC(CN)CN1C(=O)c1ccccc1OCc1cscn1.Cl.Cl. The van der Waals surface area contributed by atoms with E-state index >= 15 is 0 Å². The zero-order valence-corrected chi connectivity index (χ0v) is 16.4. The molecule has 2 atom stereocenters. The molecule has 2 heterocycles. The van der Waals surface area contributed by atoms with Crippen molar-refractivity contribution in [3.05, 3.63) is 46.4 Å². The molecule has 0 radical (unpaired) electrons.